The monoisotopic (exact) mass is 369 g/mol. The third-order valence-corrected chi connectivity index (χ3v) is 4.35. The average molecular weight is 369 g/mol. The van der Waals surface area contributed by atoms with Crippen LogP contribution in [0, 0.1) is 0 Å². The Kier molecular flexibility index (Phi) is 4.84. The second kappa shape index (κ2) is 7.75. The van der Waals surface area contributed by atoms with E-state index in [0.717, 1.165) is 16.6 Å². The number of hydrogen-bond donors (Lipinski definition) is 3. The van der Waals surface area contributed by atoms with Gasteiger partial charge in [0.2, 0.25) is 5.95 Å². The molecule has 1 aromatic heterocycles. The maximum Gasteiger partial charge on any atom is 0.274 e. The molecule has 0 aliphatic rings. The zero-order chi connectivity index (χ0) is 19.3. The summed E-state index contributed by atoms with van der Waals surface area (Å²) in [5.41, 5.74) is 9.22. The molecule has 28 heavy (non-hydrogen) atoms. The Hall–Kier alpha value is -3.93. The highest BCUT2D eigenvalue weighted by Crippen LogP contribution is 2.22. The van der Waals surface area contributed by atoms with Gasteiger partial charge in [-0.25, -0.2) is 4.98 Å². The molecule has 3 aromatic carbocycles. The number of aliphatic imine (C=N–C) groups is 1. The van der Waals surface area contributed by atoms with E-state index < -0.39 is 11.9 Å². The van der Waals surface area contributed by atoms with Crippen molar-refractivity contribution in [1.29, 1.82) is 0 Å². The van der Waals surface area contributed by atoms with Gasteiger partial charge in [0, 0.05) is 5.56 Å². The predicted octanol–water partition coefficient (Wildman–Crippen LogP) is 3.65. The van der Waals surface area contributed by atoms with Crippen LogP contribution in [0.25, 0.3) is 11.0 Å². The standard InChI is InChI=1S/C22H19N5O/c23-20(16-11-5-2-6-12-16)27-21(28)19(15-9-3-1-4-10-15)26-22-24-17-13-7-8-14-18(17)25-22/h1-14,19H,(H2,23,27,28)(H2,24,25,26). The zero-order valence-electron chi connectivity index (χ0n) is 15.0. The lowest BCUT2D eigenvalue weighted by Gasteiger charge is -2.15. The van der Waals surface area contributed by atoms with Crippen LogP contribution in [0.15, 0.2) is 89.9 Å². The number of nitrogens with zero attached hydrogens (tertiary/aromatic N) is 2. The van der Waals surface area contributed by atoms with Crippen molar-refractivity contribution >= 4 is 28.7 Å². The number of benzene rings is 3. The van der Waals surface area contributed by atoms with Gasteiger partial charge in [-0.15, -0.1) is 0 Å². The molecule has 0 saturated carbocycles. The number of H-pyrrole nitrogens is 1. The average Bonchev–Trinajstić information content (AvgIpc) is 3.16. The molecule has 0 fully saturated rings. The smallest absolute Gasteiger partial charge is 0.274 e. The molecular formula is C22H19N5O. The zero-order valence-corrected chi connectivity index (χ0v) is 15.0. The first-order chi connectivity index (χ1) is 13.7. The van der Waals surface area contributed by atoms with Gasteiger partial charge in [0.05, 0.1) is 11.0 Å². The fraction of sp³-hybridized carbons (Fsp3) is 0.0455. The van der Waals surface area contributed by atoms with Gasteiger partial charge in [0.1, 0.15) is 11.9 Å². The van der Waals surface area contributed by atoms with Crippen molar-refractivity contribution in [3.63, 3.8) is 0 Å². The van der Waals surface area contributed by atoms with Crippen LogP contribution in [0.4, 0.5) is 5.95 Å². The fourth-order valence-corrected chi connectivity index (χ4v) is 2.95. The summed E-state index contributed by atoms with van der Waals surface area (Å²) in [6, 6.07) is 25.6. The lowest BCUT2D eigenvalue weighted by molar-refractivity contribution is -0.118. The van der Waals surface area contributed by atoms with E-state index in [1.54, 1.807) is 0 Å². The number of carbonyl (C=O) groups excluding carboxylic acids is 1. The molecular weight excluding hydrogens is 350 g/mol. The van der Waals surface area contributed by atoms with Crippen LogP contribution in [0.1, 0.15) is 17.2 Å². The van der Waals surface area contributed by atoms with Crippen molar-refractivity contribution in [2.45, 2.75) is 6.04 Å². The van der Waals surface area contributed by atoms with E-state index in [4.69, 9.17) is 5.73 Å². The molecule has 0 bridgehead atoms. The minimum atomic E-state index is -0.718. The predicted molar refractivity (Wildman–Crippen MR) is 111 cm³/mol. The van der Waals surface area contributed by atoms with E-state index in [1.165, 1.54) is 0 Å². The Labute approximate surface area is 162 Å². The van der Waals surface area contributed by atoms with Gasteiger partial charge in [-0.1, -0.05) is 72.8 Å². The van der Waals surface area contributed by atoms with Crippen LogP contribution >= 0.6 is 0 Å². The maximum atomic E-state index is 13.0. The summed E-state index contributed by atoms with van der Waals surface area (Å²) < 4.78 is 0. The highest BCUT2D eigenvalue weighted by Gasteiger charge is 2.22. The maximum absolute atomic E-state index is 13.0. The number of hydrogen-bond acceptors (Lipinski definition) is 3. The molecule has 0 saturated heterocycles. The summed E-state index contributed by atoms with van der Waals surface area (Å²) in [6.07, 6.45) is 0. The van der Waals surface area contributed by atoms with Crippen molar-refractivity contribution in [3.05, 3.63) is 96.1 Å². The summed E-state index contributed by atoms with van der Waals surface area (Å²) in [6.45, 7) is 0. The van der Waals surface area contributed by atoms with Gasteiger partial charge in [-0.05, 0) is 17.7 Å². The second-order valence-electron chi connectivity index (χ2n) is 6.29. The third-order valence-electron chi connectivity index (χ3n) is 4.35. The molecule has 138 valence electrons. The Balaban J connectivity index is 1.66. The number of imidazole rings is 1. The van der Waals surface area contributed by atoms with E-state index in [-0.39, 0.29) is 5.84 Å². The first-order valence-electron chi connectivity index (χ1n) is 8.90. The third kappa shape index (κ3) is 3.76. The number of carbonyl (C=O) groups is 1. The molecule has 0 aliphatic carbocycles. The number of aromatic nitrogens is 2. The molecule has 1 heterocycles. The Bertz CT molecular complexity index is 1090. The molecule has 0 spiro atoms. The number of nitrogens with two attached hydrogens (primary N) is 1. The molecule has 4 rings (SSSR count). The molecule has 1 unspecified atom stereocenters. The number of fused-ring (bicyclic) bond motifs is 1. The number of para-hydroxylation sites is 2. The van der Waals surface area contributed by atoms with Crippen LogP contribution in [-0.4, -0.2) is 21.7 Å². The number of aromatic amines is 1. The van der Waals surface area contributed by atoms with E-state index in [1.807, 2.05) is 84.9 Å². The topological polar surface area (TPSA) is 96.2 Å². The molecule has 1 atom stereocenters. The van der Waals surface area contributed by atoms with E-state index in [0.29, 0.717) is 11.5 Å². The van der Waals surface area contributed by atoms with Crippen LogP contribution < -0.4 is 11.1 Å². The van der Waals surface area contributed by atoms with E-state index in [2.05, 4.69) is 20.3 Å². The number of rotatable bonds is 5. The SMILES string of the molecule is NC(=NC(=O)C(Nc1nc2ccccc2[nH]1)c1ccccc1)c1ccccc1. The van der Waals surface area contributed by atoms with E-state index >= 15 is 0 Å². The van der Waals surface area contributed by atoms with Crippen LogP contribution in [0.2, 0.25) is 0 Å². The van der Waals surface area contributed by atoms with Gasteiger partial charge >= 0.3 is 0 Å². The molecule has 4 N–H and O–H groups in total. The number of amides is 1. The van der Waals surface area contributed by atoms with Gasteiger partial charge in [0.15, 0.2) is 0 Å². The van der Waals surface area contributed by atoms with Crippen molar-refractivity contribution in [1.82, 2.24) is 9.97 Å². The first-order valence-corrected chi connectivity index (χ1v) is 8.90. The normalized spacial score (nSPS) is 12.6. The van der Waals surface area contributed by atoms with Crippen molar-refractivity contribution < 1.29 is 4.79 Å². The lowest BCUT2D eigenvalue weighted by atomic mass is 10.1. The Morgan fingerprint density at radius 3 is 2.29 bits per heavy atom. The number of nitrogens with one attached hydrogen (secondary N) is 2. The van der Waals surface area contributed by atoms with Gasteiger partial charge in [-0.2, -0.15) is 4.99 Å². The van der Waals surface area contributed by atoms with Gasteiger partial charge in [0.25, 0.3) is 5.91 Å². The minimum absolute atomic E-state index is 0.179. The summed E-state index contributed by atoms with van der Waals surface area (Å²) in [5, 5.41) is 3.16. The van der Waals surface area contributed by atoms with E-state index in [9.17, 15) is 4.79 Å². The van der Waals surface area contributed by atoms with Crippen molar-refractivity contribution in [2.75, 3.05) is 5.32 Å². The Morgan fingerprint density at radius 2 is 1.57 bits per heavy atom. The molecule has 4 aromatic rings. The first kappa shape index (κ1) is 17.5. The molecule has 6 nitrogen and oxygen atoms in total. The largest absolute Gasteiger partial charge is 0.383 e. The van der Waals surface area contributed by atoms with Crippen LogP contribution in [0.5, 0.6) is 0 Å². The van der Waals surface area contributed by atoms with Gasteiger partial charge < -0.3 is 16.0 Å². The molecule has 6 heteroatoms. The number of amidine groups is 1. The summed E-state index contributed by atoms with van der Waals surface area (Å²) in [4.78, 5) is 24.8. The molecule has 0 radical (unpaired) electrons. The van der Waals surface area contributed by atoms with Crippen LogP contribution in [-0.2, 0) is 4.79 Å². The highest BCUT2D eigenvalue weighted by atomic mass is 16.1. The number of anilines is 1. The van der Waals surface area contributed by atoms with Crippen LogP contribution in [0.3, 0.4) is 0 Å². The summed E-state index contributed by atoms with van der Waals surface area (Å²) in [7, 11) is 0. The summed E-state index contributed by atoms with van der Waals surface area (Å²) in [5.74, 6) is 0.280. The molecule has 0 aliphatic heterocycles. The quantitative estimate of drug-likeness (QED) is 0.370. The minimum Gasteiger partial charge on any atom is -0.383 e. The van der Waals surface area contributed by atoms with Crippen molar-refractivity contribution in [2.24, 2.45) is 10.7 Å². The molecule has 1 amide bonds. The lowest BCUT2D eigenvalue weighted by Crippen LogP contribution is -2.24. The van der Waals surface area contributed by atoms with Crippen molar-refractivity contribution in [3.8, 4) is 0 Å². The summed E-state index contributed by atoms with van der Waals surface area (Å²) >= 11 is 0. The Morgan fingerprint density at radius 1 is 0.929 bits per heavy atom. The highest BCUT2D eigenvalue weighted by molar-refractivity contribution is 6.05. The second-order valence-corrected chi connectivity index (χ2v) is 6.29. The fourth-order valence-electron chi connectivity index (χ4n) is 2.95. The van der Waals surface area contributed by atoms with Gasteiger partial charge in [-0.3, -0.25) is 4.79 Å².